The number of amides is 2. The van der Waals surface area contributed by atoms with Gasteiger partial charge >= 0.3 is 6.03 Å². The zero-order chi connectivity index (χ0) is 13.0. The van der Waals surface area contributed by atoms with Gasteiger partial charge in [-0.05, 0) is 12.8 Å². The van der Waals surface area contributed by atoms with Gasteiger partial charge in [0, 0.05) is 25.1 Å². The van der Waals surface area contributed by atoms with E-state index in [1.807, 2.05) is 0 Å². The molecule has 1 aliphatic rings. The fourth-order valence-corrected chi connectivity index (χ4v) is 1.53. The molecule has 8 nitrogen and oxygen atoms in total. The molecular formula is C10H17N7O. The molecule has 0 bridgehead atoms. The van der Waals surface area contributed by atoms with Gasteiger partial charge in [-0.15, -0.1) is 0 Å². The molecule has 2 rings (SSSR count). The van der Waals surface area contributed by atoms with Gasteiger partial charge in [-0.3, -0.25) is 0 Å². The van der Waals surface area contributed by atoms with Gasteiger partial charge in [-0.25, -0.2) is 20.6 Å². The molecule has 0 spiro atoms. The number of carbonyl (C=O) groups is 1. The maximum Gasteiger partial charge on any atom is 0.312 e. The number of nitrogen functional groups attached to an aromatic ring is 1. The Bertz CT molecular complexity index is 432. The van der Waals surface area contributed by atoms with Gasteiger partial charge in [0.25, 0.3) is 0 Å². The number of nitrogens with one attached hydrogen (secondary N) is 3. The lowest BCUT2D eigenvalue weighted by Gasteiger charge is -2.09. The maximum atomic E-state index is 10.5. The Morgan fingerprint density at radius 1 is 1.33 bits per heavy atom. The quantitative estimate of drug-likeness (QED) is 0.268. The van der Waals surface area contributed by atoms with Crippen LogP contribution in [0.4, 0.5) is 16.4 Å². The Morgan fingerprint density at radius 3 is 2.67 bits per heavy atom. The van der Waals surface area contributed by atoms with Gasteiger partial charge in [0.2, 0.25) is 0 Å². The Kier molecular flexibility index (Phi) is 3.78. The number of hydrogen-bond donors (Lipinski definition) is 5. The van der Waals surface area contributed by atoms with Crippen LogP contribution >= 0.6 is 0 Å². The first-order chi connectivity index (χ1) is 8.69. The smallest absolute Gasteiger partial charge is 0.312 e. The summed E-state index contributed by atoms with van der Waals surface area (Å²) in [7, 11) is 0. The minimum atomic E-state index is -0.539. The summed E-state index contributed by atoms with van der Waals surface area (Å²) in [5.74, 6) is 7.88. The highest BCUT2D eigenvalue weighted by Gasteiger charge is 2.27. The van der Waals surface area contributed by atoms with Crippen LogP contribution < -0.4 is 27.6 Å². The van der Waals surface area contributed by atoms with Crippen molar-refractivity contribution < 1.29 is 4.79 Å². The van der Waals surface area contributed by atoms with Crippen LogP contribution in [0.5, 0.6) is 0 Å². The van der Waals surface area contributed by atoms with E-state index >= 15 is 0 Å². The van der Waals surface area contributed by atoms with Crippen molar-refractivity contribution >= 4 is 17.7 Å². The monoisotopic (exact) mass is 251 g/mol. The van der Waals surface area contributed by atoms with Crippen molar-refractivity contribution in [2.24, 2.45) is 11.6 Å². The van der Waals surface area contributed by atoms with E-state index in [0.29, 0.717) is 30.6 Å². The predicted molar refractivity (Wildman–Crippen MR) is 67.9 cm³/mol. The van der Waals surface area contributed by atoms with Crippen molar-refractivity contribution in [2.75, 3.05) is 23.8 Å². The summed E-state index contributed by atoms with van der Waals surface area (Å²) < 4.78 is 0. The number of primary amides is 1. The number of nitrogens with zero attached hydrogens (tertiary/aromatic N) is 2. The molecule has 1 aromatic rings. The number of aromatic nitrogens is 2. The molecule has 0 saturated heterocycles. The van der Waals surface area contributed by atoms with Crippen molar-refractivity contribution in [3.8, 4) is 0 Å². The molecule has 1 heterocycles. The van der Waals surface area contributed by atoms with Crippen LogP contribution in [0.1, 0.15) is 24.6 Å². The van der Waals surface area contributed by atoms with Gasteiger partial charge in [0.05, 0.1) is 0 Å². The molecule has 2 amide bonds. The zero-order valence-corrected chi connectivity index (χ0v) is 9.94. The van der Waals surface area contributed by atoms with E-state index in [1.165, 1.54) is 0 Å². The predicted octanol–water partition coefficient (Wildman–Crippen LogP) is -0.280. The van der Waals surface area contributed by atoms with Gasteiger partial charge in [-0.2, -0.15) is 0 Å². The third kappa shape index (κ3) is 3.45. The van der Waals surface area contributed by atoms with E-state index in [4.69, 9.17) is 11.6 Å². The van der Waals surface area contributed by atoms with Crippen LogP contribution in [0, 0.1) is 0 Å². The maximum absolute atomic E-state index is 10.5. The zero-order valence-electron chi connectivity index (χ0n) is 9.94. The Labute approximate surface area is 105 Å². The Hall–Kier alpha value is -2.09. The molecule has 1 aromatic heterocycles. The number of nitrogens with two attached hydrogens (primary N) is 2. The van der Waals surface area contributed by atoms with Gasteiger partial charge < -0.3 is 21.8 Å². The highest BCUT2D eigenvalue weighted by Crippen LogP contribution is 2.38. The summed E-state index contributed by atoms with van der Waals surface area (Å²) in [6.45, 7) is 0.970. The van der Waals surface area contributed by atoms with Crippen molar-refractivity contribution in [1.82, 2.24) is 15.3 Å². The average Bonchev–Trinajstić information content (AvgIpc) is 3.18. The van der Waals surface area contributed by atoms with Crippen molar-refractivity contribution in [3.63, 3.8) is 0 Å². The minimum Gasteiger partial charge on any atom is -0.368 e. The molecule has 7 N–H and O–H groups in total. The molecule has 0 aromatic carbocycles. The summed E-state index contributed by atoms with van der Waals surface area (Å²) in [6, 6.07) is 1.18. The summed E-state index contributed by atoms with van der Waals surface area (Å²) in [5.41, 5.74) is 7.48. The lowest BCUT2D eigenvalue weighted by molar-refractivity contribution is 0.249. The van der Waals surface area contributed by atoms with E-state index in [1.54, 1.807) is 6.07 Å². The first kappa shape index (κ1) is 12.4. The number of hydrogen-bond acceptors (Lipinski definition) is 6. The van der Waals surface area contributed by atoms with Crippen molar-refractivity contribution in [1.29, 1.82) is 0 Å². The number of urea groups is 1. The SMILES string of the molecule is NNc1cc(NCCNC(N)=O)nc(C2CC2)n1. The van der Waals surface area contributed by atoms with E-state index in [2.05, 4.69) is 26.0 Å². The number of hydrazine groups is 1. The highest BCUT2D eigenvalue weighted by atomic mass is 16.2. The number of rotatable bonds is 6. The fourth-order valence-electron chi connectivity index (χ4n) is 1.53. The van der Waals surface area contributed by atoms with Gasteiger partial charge in [0.1, 0.15) is 17.5 Å². The molecule has 98 valence electrons. The van der Waals surface area contributed by atoms with Crippen molar-refractivity contribution in [2.45, 2.75) is 18.8 Å². The summed E-state index contributed by atoms with van der Waals surface area (Å²) >= 11 is 0. The normalized spacial score (nSPS) is 14.1. The molecule has 1 aliphatic carbocycles. The van der Waals surface area contributed by atoms with Crippen LogP contribution in [-0.2, 0) is 0 Å². The Morgan fingerprint density at radius 2 is 2.06 bits per heavy atom. The Balaban J connectivity index is 1.93. The topological polar surface area (TPSA) is 131 Å². The molecule has 1 saturated carbocycles. The number of carbonyl (C=O) groups excluding carboxylic acids is 1. The first-order valence-electron chi connectivity index (χ1n) is 5.82. The van der Waals surface area contributed by atoms with Crippen LogP contribution in [0.25, 0.3) is 0 Å². The van der Waals surface area contributed by atoms with Crippen molar-refractivity contribution in [3.05, 3.63) is 11.9 Å². The highest BCUT2D eigenvalue weighted by molar-refractivity contribution is 5.71. The van der Waals surface area contributed by atoms with Crippen LogP contribution in [0.2, 0.25) is 0 Å². The number of anilines is 2. The molecule has 1 fully saturated rings. The second kappa shape index (κ2) is 5.50. The fraction of sp³-hybridized carbons (Fsp3) is 0.500. The van der Waals surface area contributed by atoms with Gasteiger partial charge in [-0.1, -0.05) is 0 Å². The lowest BCUT2D eigenvalue weighted by atomic mass is 10.3. The van der Waals surface area contributed by atoms with Crippen LogP contribution in [0.3, 0.4) is 0 Å². The third-order valence-corrected chi connectivity index (χ3v) is 2.56. The molecule has 0 atom stereocenters. The molecule has 8 heteroatoms. The summed E-state index contributed by atoms with van der Waals surface area (Å²) in [6.07, 6.45) is 2.24. The summed E-state index contributed by atoms with van der Waals surface area (Å²) in [4.78, 5) is 19.2. The van der Waals surface area contributed by atoms with Crippen LogP contribution in [-0.4, -0.2) is 29.1 Å². The first-order valence-corrected chi connectivity index (χ1v) is 5.82. The van der Waals surface area contributed by atoms with E-state index in [9.17, 15) is 4.79 Å². The standard InChI is InChI=1S/C10H17N7O/c11-10(18)14-4-3-13-7-5-8(17-12)16-9(15-7)6-1-2-6/h5-6H,1-4,12H2,(H3,11,14,18)(H2,13,15,16,17). The lowest BCUT2D eigenvalue weighted by Crippen LogP contribution is -2.33. The van der Waals surface area contributed by atoms with E-state index in [0.717, 1.165) is 18.7 Å². The average molecular weight is 251 g/mol. The van der Waals surface area contributed by atoms with Crippen LogP contribution in [0.15, 0.2) is 6.07 Å². The molecular weight excluding hydrogens is 234 g/mol. The molecule has 18 heavy (non-hydrogen) atoms. The van der Waals surface area contributed by atoms with E-state index in [-0.39, 0.29) is 0 Å². The largest absolute Gasteiger partial charge is 0.368 e. The minimum absolute atomic E-state index is 0.434. The second-order valence-corrected chi connectivity index (χ2v) is 4.13. The van der Waals surface area contributed by atoms with E-state index < -0.39 is 6.03 Å². The molecule has 0 unspecified atom stereocenters. The third-order valence-electron chi connectivity index (χ3n) is 2.56. The van der Waals surface area contributed by atoms with Gasteiger partial charge in [0.15, 0.2) is 0 Å². The summed E-state index contributed by atoms with van der Waals surface area (Å²) in [5, 5.41) is 5.57. The molecule has 0 aliphatic heterocycles. The second-order valence-electron chi connectivity index (χ2n) is 4.13. The molecule has 0 radical (unpaired) electrons.